The smallest absolute Gasteiger partial charge is 0.271 e. The molecular formula is C15H16N4OS. The van der Waals surface area contributed by atoms with Crippen molar-refractivity contribution in [3.8, 4) is 0 Å². The van der Waals surface area contributed by atoms with Gasteiger partial charge in [0.25, 0.3) is 5.56 Å². The lowest BCUT2D eigenvalue weighted by atomic mass is 10.1. The van der Waals surface area contributed by atoms with Crippen molar-refractivity contribution < 1.29 is 0 Å². The van der Waals surface area contributed by atoms with E-state index in [0.717, 1.165) is 34.4 Å². The molecule has 0 bridgehead atoms. The van der Waals surface area contributed by atoms with Gasteiger partial charge in [0.1, 0.15) is 4.70 Å². The van der Waals surface area contributed by atoms with Crippen molar-refractivity contribution in [2.24, 2.45) is 0 Å². The Balaban J connectivity index is 1.72. The maximum Gasteiger partial charge on any atom is 0.271 e. The average Bonchev–Trinajstić information content (AvgIpc) is 3.06. The van der Waals surface area contributed by atoms with E-state index in [1.165, 1.54) is 29.9 Å². The number of fused-ring (bicyclic) bond motifs is 2. The monoisotopic (exact) mass is 300 g/mol. The van der Waals surface area contributed by atoms with Crippen LogP contribution in [0.25, 0.3) is 10.2 Å². The van der Waals surface area contributed by atoms with Crippen molar-refractivity contribution in [1.29, 1.82) is 0 Å². The molecule has 4 heterocycles. The first-order chi connectivity index (χ1) is 10.2. The van der Waals surface area contributed by atoms with Gasteiger partial charge < -0.3 is 0 Å². The minimum atomic E-state index is 0.0315. The van der Waals surface area contributed by atoms with Gasteiger partial charge in [0.15, 0.2) is 0 Å². The lowest BCUT2D eigenvalue weighted by Gasteiger charge is -2.11. The molecule has 0 amide bonds. The molecule has 108 valence electrons. The van der Waals surface area contributed by atoms with Crippen LogP contribution in [0.3, 0.4) is 0 Å². The van der Waals surface area contributed by atoms with Crippen LogP contribution < -0.4 is 5.56 Å². The van der Waals surface area contributed by atoms with Crippen molar-refractivity contribution in [3.63, 3.8) is 0 Å². The molecule has 3 aromatic rings. The molecule has 0 fully saturated rings. The van der Waals surface area contributed by atoms with Crippen LogP contribution in [-0.4, -0.2) is 19.3 Å². The van der Waals surface area contributed by atoms with Gasteiger partial charge in [-0.05, 0) is 43.2 Å². The predicted molar refractivity (Wildman–Crippen MR) is 82.9 cm³/mol. The SMILES string of the molecule is Cc1csc2c(=O)n(Cc3cc4n(n3)CCCC4)cnc12. The minimum Gasteiger partial charge on any atom is -0.292 e. The summed E-state index contributed by atoms with van der Waals surface area (Å²) in [5.41, 5.74) is 4.15. The molecule has 0 aromatic carbocycles. The Kier molecular flexibility index (Phi) is 2.92. The largest absolute Gasteiger partial charge is 0.292 e. The molecule has 1 aliphatic heterocycles. The highest BCUT2D eigenvalue weighted by Gasteiger charge is 2.14. The molecule has 1 aliphatic rings. The van der Waals surface area contributed by atoms with Gasteiger partial charge in [-0.3, -0.25) is 14.0 Å². The number of rotatable bonds is 2. The lowest BCUT2D eigenvalue weighted by molar-refractivity contribution is 0.482. The Bertz CT molecular complexity index is 850. The zero-order valence-corrected chi connectivity index (χ0v) is 12.7. The highest BCUT2D eigenvalue weighted by Crippen LogP contribution is 2.20. The Morgan fingerprint density at radius 3 is 3.14 bits per heavy atom. The second-order valence-electron chi connectivity index (χ2n) is 5.58. The van der Waals surface area contributed by atoms with Gasteiger partial charge in [0, 0.05) is 12.2 Å². The number of nitrogens with zero attached hydrogens (tertiary/aromatic N) is 4. The summed E-state index contributed by atoms with van der Waals surface area (Å²) < 4.78 is 4.47. The number of aromatic nitrogens is 4. The Morgan fingerprint density at radius 1 is 1.38 bits per heavy atom. The molecule has 5 nitrogen and oxygen atoms in total. The molecule has 0 spiro atoms. The maximum atomic E-state index is 12.5. The van der Waals surface area contributed by atoms with E-state index in [9.17, 15) is 4.79 Å². The summed E-state index contributed by atoms with van der Waals surface area (Å²) in [6.45, 7) is 3.48. The van der Waals surface area contributed by atoms with Crippen molar-refractivity contribution >= 4 is 21.6 Å². The highest BCUT2D eigenvalue weighted by atomic mass is 32.1. The fraction of sp³-hybridized carbons (Fsp3) is 0.400. The van der Waals surface area contributed by atoms with Crippen LogP contribution in [0.2, 0.25) is 0 Å². The van der Waals surface area contributed by atoms with Crippen LogP contribution in [0.1, 0.15) is 29.8 Å². The summed E-state index contributed by atoms with van der Waals surface area (Å²) in [4.78, 5) is 16.9. The van der Waals surface area contributed by atoms with Gasteiger partial charge in [0.2, 0.25) is 0 Å². The second kappa shape index (κ2) is 4.80. The van der Waals surface area contributed by atoms with E-state index >= 15 is 0 Å². The summed E-state index contributed by atoms with van der Waals surface area (Å²) in [6, 6.07) is 2.12. The maximum absolute atomic E-state index is 12.5. The van der Waals surface area contributed by atoms with Gasteiger partial charge in [0.05, 0.1) is 24.1 Å². The van der Waals surface area contributed by atoms with Gasteiger partial charge in [-0.15, -0.1) is 11.3 Å². The molecule has 0 saturated carbocycles. The third kappa shape index (κ3) is 2.10. The fourth-order valence-electron chi connectivity index (χ4n) is 2.90. The van der Waals surface area contributed by atoms with Crippen LogP contribution in [0, 0.1) is 6.92 Å². The molecular weight excluding hydrogens is 284 g/mol. The zero-order valence-electron chi connectivity index (χ0n) is 11.9. The van der Waals surface area contributed by atoms with E-state index in [0.29, 0.717) is 6.54 Å². The summed E-state index contributed by atoms with van der Waals surface area (Å²) in [6.07, 6.45) is 5.15. The molecule has 21 heavy (non-hydrogen) atoms. The zero-order chi connectivity index (χ0) is 14.4. The summed E-state index contributed by atoms with van der Waals surface area (Å²) in [7, 11) is 0. The minimum absolute atomic E-state index is 0.0315. The molecule has 0 N–H and O–H groups in total. The Morgan fingerprint density at radius 2 is 2.29 bits per heavy atom. The predicted octanol–water partition coefficient (Wildman–Crippen LogP) is 2.35. The number of aryl methyl sites for hydroxylation is 3. The molecule has 4 rings (SSSR count). The topological polar surface area (TPSA) is 52.7 Å². The van der Waals surface area contributed by atoms with Crippen LogP contribution in [0.4, 0.5) is 0 Å². The van der Waals surface area contributed by atoms with E-state index in [-0.39, 0.29) is 5.56 Å². The van der Waals surface area contributed by atoms with Crippen molar-refractivity contribution in [3.05, 3.63) is 45.1 Å². The number of thiophene rings is 1. The van der Waals surface area contributed by atoms with Gasteiger partial charge in [-0.25, -0.2) is 4.98 Å². The van der Waals surface area contributed by atoms with E-state index in [1.54, 1.807) is 10.9 Å². The van der Waals surface area contributed by atoms with E-state index in [1.807, 2.05) is 12.3 Å². The van der Waals surface area contributed by atoms with E-state index in [2.05, 4.69) is 20.8 Å². The summed E-state index contributed by atoms with van der Waals surface area (Å²) in [5.74, 6) is 0. The molecule has 0 aliphatic carbocycles. The lowest BCUT2D eigenvalue weighted by Crippen LogP contribution is -2.20. The molecule has 0 atom stereocenters. The van der Waals surface area contributed by atoms with Crippen molar-refractivity contribution in [2.45, 2.75) is 39.3 Å². The van der Waals surface area contributed by atoms with Crippen molar-refractivity contribution in [1.82, 2.24) is 19.3 Å². The molecule has 0 radical (unpaired) electrons. The summed E-state index contributed by atoms with van der Waals surface area (Å²) in [5, 5.41) is 6.59. The van der Waals surface area contributed by atoms with Crippen LogP contribution in [0.15, 0.2) is 22.6 Å². The second-order valence-corrected chi connectivity index (χ2v) is 6.46. The van der Waals surface area contributed by atoms with E-state index in [4.69, 9.17) is 0 Å². The fourth-order valence-corrected chi connectivity index (χ4v) is 3.85. The van der Waals surface area contributed by atoms with Crippen LogP contribution >= 0.6 is 11.3 Å². The molecule has 0 saturated heterocycles. The van der Waals surface area contributed by atoms with Crippen LogP contribution in [-0.2, 0) is 19.5 Å². The first-order valence-corrected chi connectivity index (χ1v) is 8.09. The van der Waals surface area contributed by atoms with E-state index < -0.39 is 0 Å². The normalized spacial score (nSPS) is 14.5. The van der Waals surface area contributed by atoms with Gasteiger partial charge in [-0.2, -0.15) is 5.10 Å². The third-order valence-electron chi connectivity index (χ3n) is 4.02. The quantitative estimate of drug-likeness (QED) is 0.730. The molecule has 3 aromatic heterocycles. The molecule has 0 unspecified atom stereocenters. The average molecular weight is 300 g/mol. The first-order valence-electron chi connectivity index (χ1n) is 7.21. The van der Waals surface area contributed by atoms with Gasteiger partial charge in [-0.1, -0.05) is 0 Å². The Hall–Kier alpha value is -1.95. The van der Waals surface area contributed by atoms with Crippen molar-refractivity contribution in [2.75, 3.05) is 0 Å². The summed E-state index contributed by atoms with van der Waals surface area (Å²) >= 11 is 1.47. The third-order valence-corrected chi connectivity index (χ3v) is 5.10. The number of hydrogen-bond acceptors (Lipinski definition) is 4. The first kappa shape index (κ1) is 12.8. The van der Waals surface area contributed by atoms with Crippen LogP contribution in [0.5, 0.6) is 0 Å². The highest BCUT2D eigenvalue weighted by molar-refractivity contribution is 7.17. The Labute approximate surface area is 125 Å². The molecule has 6 heteroatoms. The van der Waals surface area contributed by atoms with Gasteiger partial charge >= 0.3 is 0 Å². The standard InChI is InChI=1S/C15H16N4OS/c1-10-8-21-14-13(10)16-9-18(15(14)20)7-11-6-12-4-2-3-5-19(12)17-11/h6,8-9H,2-5,7H2,1H3. The number of hydrogen-bond donors (Lipinski definition) is 0.